The lowest BCUT2D eigenvalue weighted by Gasteiger charge is -2.24. The minimum absolute atomic E-state index is 0.617. The maximum absolute atomic E-state index is 2.48. The van der Waals surface area contributed by atoms with Gasteiger partial charge in [-0.1, -0.05) is 67.6 Å². The van der Waals surface area contributed by atoms with Crippen molar-refractivity contribution in [3.63, 3.8) is 0 Å². The number of fused-ring (bicyclic) bond motifs is 5. The lowest BCUT2D eigenvalue weighted by atomic mass is 9.80. The molecule has 112 valence electrons. The summed E-state index contributed by atoms with van der Waals surface area (Å²) < 4.78 is 0. The molecule has 0 saturated carbocycles. The van der Waals surface area contributed by atoms with E-state index in [1.165, 1.54) is 44.5 Å². The Morgan fingerprint density at radius 3 is 2.52 bits per heavy atom. The van der Waals surface area contributed by atoms with Gasteiger partial charge in [0.15, 0.2) is 0 Å². The minimum atomic E-state index is 0.617. The highest BCUT2D eigenvalue weighted by atomic mass is 14.3. The lowest BCUT2D eigenvalue weighted by molar-refractivity contribution is 0.737. The number of allylic oxidation sites excluding steroid dienone is 6. The van der Waals surface area contributed by atoms with Crippen molar-refractivity contribution in [2.45, 2.75) is 26.2 Å². The molecule has 0 heterocycles. The van der Waals surface area contributed by atoms with Gasteiger partial charge in [0, 0.05) is 0 Å². The Hall–Kier alpha value is -2.34. The largest absolute Gasteiger partial charge is 0.0757 e. The first-order chi connectivity index (χ1) is 11.3. The highest BCUT2D eigenvalue weighted by molar-refractivity contribution is 6.08. The number of hydrogen-bond acceptors (Lipinski definition) is 0. The van der Waals surface area contributed by atoms with Crippen LogP contribution < -0.4 is 0 Å². The molecule has 1 unspecified atom stereocenters. The number of aryl methyl sites for hydroxylation is 1. The smallest absolute Gasteiger partial charge is 0.00701 e. The second kappa shape index (κ2) is 4.83. The van der Waals surface area contributed by atoms with Gasteiger partial charge in [-0.15, -0.1) is 0 Å². The van der Waals surface area contributed by atoms with E-state index in [0.717, 1.165) is 19.3 Å². The minimum Gasteiger partial charge on any atom is -0.0757 e. The third-order valence-electron chi connectivity index (χ3n) is 5.41. The Balaban J connectivity index is 1.93. The van der Waals surface area contributed by atoms with E-state index in [2.05, 4.69) is 67.6 Å². The van der Waals surface area contributed by atoms with E-state index in [1.807, 2.05) is 0 Å². The summed E-state index contributed by atoms with van der Waals surface area (Å²) in [5, 5.41) is 0. The summed E-state index contributed by atoms with van der Waals surface area (Å²) in [5.41, 5.74) is 11.6. The zero-order valence-corrected chi connectivity index (χ0v) is 13.5. The first-order valence-corrected chi connectivity index (χ1v) is 8.68. The molecule has 3 aliphatic carbocycles. The van der Waals surface area contributed by atoms with Crippen molar-refractivity contribution in [3.8, 4) is 11.1 Å². The fourth-order valence-electron chi connectivity index (χ4n) is 4.37. The van der Waals surface area contributed by atoms with Crippen molar-refractivity contribution in [1.29, 1.82) is 0 Å². The fraction of sp³-hybridized carbons (Fsp3) is 0.217. The predicted molar refractivity (Wildman–Crippen MR) is 98.0 cm³/mol. The van der Waals surface area contributed by atoms with Crippen LogP contribution >= 0.6 is 0 Å². The van der Waals surface area contributed by atoms with Gasteiger partial charge in [0.2, 0.25) is 0 Å². The maximum atomic E-state index is 2.48. The van der Waals surface area contributed by atoms with Crippen molar-refractivity contribution in [2.75, 3.05) is 0 Å². The first kappa shape index (κ1) is 13.1. The Labute approximate surface area is 137 Å². The summed E-state index contributed by atoms with van der Waals surface area (Å²) in [6.07, 6.45) is 10.9. The molecule has 2 aromatic carbocycles. The quantitative estimate of drug-likeness (QED) is 0.555. The van der Waals surface area contributed by atoms with E-state index in [1.54, 1.807) is 0 Å². The van der Waals surface area contributed by atoms with Gasteiger partial charge in [-0.25, -0.2) is 0 Å². The molecule has 0 N–H and O–H groups in total. The highest BCUT2D eigenvalue weighted by Crippen LogP contribution is 2.50. The van der Waals surface area contributed by atoms with Crippen molar-refractivity contribution >= 4 is 11.1 Å². The van der Waals surface area contributed by atoms with E-state index >= 15 is 0 Å². The zero-order valence-electron chi connectivity index (χ0n) is 13.5. The molecule has 5 rings (SSSR count). The summed E-state index contributed by atoms with van der Waals surface area (Å²) in [6.45, 7) is 2.32. The van der Waals surface area contributed by atoms with Crippen LogP contribution in [0.5, 0.6) is 0 Å². The molecular weight excluding hydrogens is 276 g/mol. The maximum Gasteiger partial charge on any atom is -0.00701 e. The van der Waals surface area contributed by atoms with Gasteiger partial charge in [-0.05, 0) is 69.7 Å². The monoisotopic (exact) mass is 296 g/mol. The van der Waals surface area contributed by atoms with Crippen LogP contribution in [0.25, 0.3) is 22.3 Å². The highest BCUT2D eigenvalue weighted by Gasteiger charge is 2.29. The normalized spacial score (nSPS) is 21.1. The van der Waals surface area contributed by atoms with Gasteiger partial charge in [-0.3, -0.25) is 0 Å². The molecule has 2 aromatic rings. The second-order valence-corrected chi connectivity index (χ2v) is 6.95. The van der Waals surface area contributed by atoms with Crippen LogP contribution in [0.1, 0.15) is 36.5 Å². The summed E-state index contributed by atoms with van der Waals surface area (Å²) in [4.78, 5) is 0. The number of hydrogen-bond donors (Lipinski definition) is 0. The SMILES string of the molecule is CC1C=C2C(=CC1)C1=CCCc3cccc(c31)-c1ccccc12. The van der Waals surface area contributed by atoms with E-state index in [4.69, 9.17) is 0 Å². The summed E-state index contributed by atoms with van der Waals surface area (Å²) in [7, 11) is 0. The van der Waals surface area contributed by atoms with Gasteiger partial charge < -0.3 is 0 Å². The van der Waals surface area contributed by atoms with Crippen LogP contribution in [0.15, 0.2) is 66.3 Å². The molecular formula is C23H20. The topological polar surface area (TPSA) is 0 Å². The molecule has 0 radical (unpaired) electrons. The molecule has 1 atom stereocenters. The van der Waals surface area contributed by atoms with E-state index in [0.29, 0.717) is 5.92 Å². The third-order valence-corrected chi connectivity index (χ3v) is 5.41. The molecule has 23 heavy (non-hydrogen) atoms. The average molecular weight is 296 g/mol. The van der Waals surface area contributed by atoms with Crippen LogP contribution in [-0.2, 0) is 6.42 Å². The van der Waals surface area contributed by atoms with Gasteiger partial charge in [0.1, 0.15) is 0 Å². The standard InChI is InChI=1S/C23H20/c1-15-12-13-19-21-11-5-7-16-6-4-10-20(23(16)21)17-8-2-3-9-18(17)22(19)14-15/h2-4,6,8-11,13-15H,5,7,12H2,1H3. The van der Waals surface area contributed by atoms with E-state index < -0.39 is 0 Å². The Kier molecular flexibility index (Phi) is 2.76. The molecule has 0 heteroatoms. The van der Waals surface area contributed by atoms with Crippen LogP contribution in [0.4, 0.5) is 0 Å². The Morgan fingerprint density at radius 1 is 0.783 bits per heavy atom. The van der Waals surface area contributed by atoms with Crippen LogP contribution in [0.3, 0.4) is 0 Å². The number of benzene rings is 2. The zero-order chi connectivity index (χ0) is 15.4. The molecule has 0 saturated heterocycles. The average Bonchev–Trinajstić information content (AvgIpc) is 2.71. The second-order valence-electron chi connectivity index (χ2n) is 6.95. The van der Waals surface area contributed by atoms with Gasteiger partial charge in [-0.2, -0.15) is 0 Å². The van der Waals surface area contributed by atoms with Crippen molar-refractivity contribution < 1.29 is 0 Å². The predicted octanol–water partition coefficient (Wildman–Crippen LogP) is 6.05. The number of rotatable bonds is 0. The molecule has 0 aliphatic heterocycles. The van der Waals surface area contributed by atoms with E-state index in [-0.39, 0.29) is 0 Å². The molecule has 0 aromatic heterocycles. The van der Waals surface area contributed by atoms with Gasteiger partial charge in [0.05, 0.1) is 0 Å². The van der Waals surface area contributed by atoms with E-state index in [9.17, 15) is 0 Å². The molecule has 0 amide bonds. The third kappa shape index (κ3) is 1.84. The summed E-state index contributed by atoms with van der Waals surface area (Å²) in [5.74, 6) is 0.617. The fourth-order valence-corrected chi connectivity index (χ4v) is 4.37. The Morgan fingerprint density at radius 2 is 1.61 bits per heavy atom. The van der Waals surface area contributed by atoms with Crippen molar-refractivity contribution in [2.24, 2.45) is 5.92 Å². The molecule has 3 aliphatic rings. The summed E-state index contributed by atoms with van der Waals surface area (Å²) >= 11 is 0. The lowest BCUT2D eigenvalue weighted by Crippen LogP contribution is -2.05. The van der Waals surface area contributed by atoms with Crippen LogP contribution in [-0.4, -0.2) is 0 Å². The Bertz CT molecular complexity index is 901. The van der Waals surface area contributed by atoms with Crippen LogP contribution in [0, 0.1) is 5.92 Å². The molecule has 0 nitrogen and oxygen atoms in total. The van der Waals surface area contributed by atoms with Gasteiger partial charge >= 0.3 is 0 Å². The van der Waals surface area contributed by atoms with Gasteiger partial charge in [0.25, 0.3) is 0 Å². The van der Waals surface area contributed by atoms with Crippen LogP contribution in [0.2, 0.25) is 0 Å². The van der Waals surface area contributed by atoms with Crippen molar-refractivity contribution in [1.82, 2.24) is 0 Å². The molecule has 0 spiro atoms. The molecule has 0 fully saturated rings. The summed E-state index contributed by atoms with van der Waals surface area (Å²) in [6, 6.07) is 15.8. The molecule has 0 bridgehead atoms. The van der Waals surface area contributed by atoms with Crippen molar-refractivity contribution in [3.05, 3.63) is 83.0 Å². The first-order valence-electron chi connectivity index (χ1n) is 8.68.